The molecular weight excluding hydrogens is 336 g/mol. The molecule has 1 fully saturated rings. The fraction of sp³-hybridized carbons (Fsp3) is 0.529. The Balaban J connectivity index is 1.59. The van der Waals surface area contributed by atoms with Gasteiger partial charge < -0.3 is 9.64 Å². The fourth-order valence-corrected chi connectivity index (χ4v) is 4.03. The van der Waals surface area contributed by atoms with Gasteiger partial charge in [0, 0.05) is 16.8 Å². The topological polar surface area (TPSA) is 68.4 Å². The van der Waals surface area contributed by atoms with Gasteiger partial charge in [-0.25, -0.2) is 4.98 Å². The minimum absolute atomic E-state index is 0.0122. The maximum atomic E-state index is 6.09. The van der Waals surface area contributed by atoms with Crippen LogP contribution in [0.15, 0.2) is 23.7 Å². The zero-order valence-electron chi connectivity index (χ0n) is 14.9. The van der Waals surface area contributed by atoms with Crippen LogP contribution < -0.4 is 4.90 Å². The lowest BCUT2D eigenvalue weighted by molar-refractivity contribution is 0.0212. The highest BCUT2D eigenvalue weighted by atomic mass is 32.1. The van der Waals surface area contributed by atoms with Crippen molar-refractivity contribution in [2.75, 3.05) is 18.1 Å². The van der Waals surface area contributed by atoms with Crippen molar-refractivity contribution in [1.82, 2.24) is 25.0 Å². The summed E-state index contributed by atoms with van der Waals surface area (Å²) in [4.78, 5) is 7.17. The molecule has 1 saturated heterocycles. The van der Waals surface area contributed by atoms with Gasteiger partial charge in [-0.1, -0.05) is 20.8 Å². The van der Waals surface area contributed by atoms with E-state index in [0.717, 1.165) is 28.6 Å². The molecule has 132 valence electrons. The SMILES string of the molecule is C[C@@H]1CO[C@H](c2nc(C(C)(C)C)cs2)CN1c1ccc2nnnn2c1. The van der Waals surface area contributed by atoms with Crippen molar-refractivity contribution in [3.63, 3.8) is 0 Å². The van der Waals surface area contributed by atoms with Gasteiger partial charge in [-0.15, -0.1) is 16.4 Å². The third kappa shape index (κ3) is 3.11. The maximum absolute atomic E-state index is 6.09. The lowest BCUT2D eigenvalue weighted by atomic mass is 9.93. The predicted molar refractivity (Wildman–Crippen MR) is 97.1 cm³/mol. The average Bonchev–Trinajstić information content (AvgIpc) is 3.23. The molecule has 0 aliphatic carbocycles. The summed E-state index contributed by atoms with van der Waals surface area (Å²) < 4.78 is 7.79. The Morgan fingerprint density at radius 2 is 2.12 bits per heavy atom. The Labute approximate surface area is 150 Å². The quantitative estimate of drug-likeness (QED) is 0.702. The molecule has 0 unspecified atom stereocenters. The lowest BCUT2D eigenvalue weighted by Crippen LogP contribution is -2.45. The summed E-state index contributed by atoms with van der Waals surface area (Å²) in [5.74, 6) is 0. The Hall–Kier alpha value is -2.06. The Morgan fingerprint density at radius 3 is 2.88 bits per heavy atom. The van der Waals surface area contributed by atoms with Gasteiger partial charge in [-0.3, -0.25) is 0 Å². The number of fused-ring (bicyclic) bond motifs is 1. The van der Waals surface area contributed by atoms with Crippen LogP contribution in [0.4, 0.5) is 5.69 Å². The molecular formula is C17H22N6OS. The van der Waals surface area contributed by atoms with Crippen LogP contribution >= 0.6 is 11.3 Å². The van der Waals surface area contributed by atoms with Gasteiger partial charge in [0.2, 0.25) is 0 Å². The summed E-state index contributed by atoms with van der Waals surface area (Å²) >= 11 is 1.68. The van der Waals surface area contributed by atoms with Crippen LogP contribution in [-0.4, -0.2) is 44.2 Å². The van der Waals surface area contributed by atoms with Crippen LogP contribution in [-0.2, 0) is 10.2 Å². The first-order chi connectivity index (χ1) is 11.9. The summed E-state index contributed by atoms with van der Waals surface area (Å²) in [6.07, 6.45) is 1.96. The maximum Gasteiger partial charge on any atom is 0.179 e. The van der Waals surface area contributed by atoms with Crippen LogP contribution in [0.25, 0.3) is 5.65 Å². The molecule has 1 aliphatic heterocycles. The molecule has 0 bridgehead atoms. The normalized spacial score (nSPS) is 21.8. The van der Waals surface area contributed by atoms with E-state index in [1.165, 1.54) is 0 Å². The van der Waals surface area contributed by atoms with E-state index in [2.05, 4.69) is 59.6 Å². The summed E-state index contributed by atoms with van der Waals surface area (Å²) in [5, 5.41) is 14.9. The summed E-state index contributed by atoms with van der Waals surface area (Å²) in [5.41, 5.74) is 3.02. The summed E-state index contributed by atoms with van der Waals surface area (Å²) in [7, 11) is 0. The highest BCUT2D eigenvalue weighted by molar-refractivity contribution is 7.09. The summed E-state index contributed by atoms with van der Waals surface area (Å²) in [6.45, 7) is 10.2. The number of nitrogens with zero attached hydrogens (tertiary/aromatic N) is 6. The number of tetrazole rings is 1. The highest BCUT2D eigenvalue weighted by Gasteiger charge is 2.30. The third-order valence-corrected chi connectivity index (χ3v) is 5.44. The third-order valence-electron chi connectivity index (χ3n) is 4.51. The first-order valence-corrected chi connectivity index (χ1v) is 9.32. The standard InChI is InChI=1S/C17H22N6OS/c1-11-9-24-13(16-18-14(10-25-16)17(2,3)4)8-22(11)12-5-6-15-19-20-21-23(15)7-12/h5-7,10-11,13H,8-9H2,1-4H3/t11-,13+/m1/s1. The molecule has 25 heavy (non-hydrogen) atoms. The van der Waals surface area contributed by atoms with Crippen LogP contribution in [0.3, 0.4) is 0 Å². The Morgan fingerprint density at radius 1 is 1.28 bits per heavy atom. The van der Waals surface area contributed by atoms with E-state index >= 15 is 0 Å². The van der Waals surface area contributed by atoms with Gasteiger partial charge in [0.25, 0.3) is 0 Å². The van der Waals surface area contributed by atoms with E-state index in [-0.39, 0.29) is 17.6 Å². The second kappa shape index (κ2) is 6.03. The number of anilines is 1. The van der Waals surface area contributed by atoms with Crippen LogP contribution in [0.1, 0.15) is 44.5 Å². The molecule has 8 heteroatoms. The zero-order valence-corrected chi connectivity index (χ0v) is 15.7. The monoisotopic (exact) mass is 358 g/mol. The second-order valence-electron chi connectivity index (χ2n) is 7.51. The minimum atomic E-state index is -0.0122. The molecule has 0 spiro atoms. The predicted octanol–water partition coefficient (Wildman–Crippen LogP) is 2.84. The number of aromatic nitrogens is 5. The van der Waals surface area contributed by atoms with Crippen LogP contribution in [0, 0.1) is 0 Å². The fourth-order valence-electron chi connectivity index (χ4n) is 2.95. The van der Waals surface area contributed by atoms with Crippen LogP contribution in [0.5, 0.6) is 0 Å². The van der Waals surface area contributed by atoms with Crippen molar-refractivity contribution in [2.24, 2.45) is 0 Å². The second-order valence-corrected chi connectivity index (χ2v) is 8.40. The molecule has 7 nitrogen and oxygen atoms in total. The first kappa shape index (κ1) is 16.4. The molecule has 0 saturated carbocycles. The first-order valence-electron chi connectivity index (χ1n) is 8.44. The number of pyridine rings is 1. The van der Waals surface area contributed by atoms with Crippen molar-refractivity contribution in [2.45, 2.75) is 45.3 Å². The minimum Gasteiger partial charge on any atom is -0.367 e. The van der Waals surface area contributed by atoms with E-state index < -0.39 is 0 Å². The number of morpholine rings is 1. The zero-order chi connectivity index (χ0) is 17.6. The largest absolute Gasteiger partial charge is 0.367 e. The van der Waals surface area contributed by atoms with E-state index in [1.807, 2.05) is 12.3 Å². The Bertz CT molecular complexity index is 883. The van der Waals surface area contributed by atoms with Crippen molar-refractivity contribution in [1.29, 1.82) is 0 Å². The molecule has 0 amide bonds. The number of thiazole rings is 1. The van der Waals surface area contributed by atoms with Gasteiger partial charge in [0.15, 0.2) is 5.65 Å². The molecule has 0 radical (unpaired) electrons. The van der Waals surface area contributed by atoms with Crippen molar-refractivity contribution in [3.05, 3.63) is 34.4 Å². The van der Waals surface area contributed by atoms with E-state index in [4.69, 9.17) is 9.72 Å². The van der Waals surface area contributed by atoms with Gasteiger partial charge >= 0.3 is 0 Å². The molecule has 3 aromatic heterocycles. The average molecular weight is 358 g/mol. The number of hydrogen-bond donors (Lipinski definition) is 0. The van der Waals surface area contributed by atoms with Gasteiger partial charge in [0.05, 0.1) is 30.7 Å². The lowest BCUT2D eigenvalue weighted by Gasteiger charge is -2.38. The number of hydrogen-bond acceptors (Lipinski definition) is 7. The van der Waals surface area contributed by atoms with E-state index in [0.29, 0.717) is 6.61 Å². The summed E-state index contributed by atoms with van der Waals surface area (Å²) in [6, 6.07) is 4.29. The molecule has 4 rings (SSSR count). The highest BCUT2D eigenvalue weighted by Crippen LogP contribution is 2.33. The van der Waals surface area contributed by atoms with E-state index in [1.54, 1.807) is 15.9 Å². The molecule has 4 heterocycles. The molecule has 1 aliphatic rings. The number of ether oxygens (including phenoxy) is 1. The van der Waals surface area contributed by atoms with Gasteiger partial charge in [-0.05, 0) is 29.5 Å². The molecule has 0 N–H and O–H groups in total. The molecule has 3 aromatic rings. The van der Waals surface area contributed by atoms with Crippen LogP contribution in [0.2, 0.25) is 0 Å². The number of rotatable bonds is 2. The van der Waals surface area contributed by atoms with E-state index in [9.17, 15) is 0 Å². The van der Waals surface area contributed by atoms with Crippen molar-refractivity contribution < 1.29 is 4.74 Å². The smallest absolute Gasteiger partial charge is 0.179 e. The molecule has 0 aromatic carbocycles. The van der Waals surface area contributed by atoms with Crippen molar-refractivity contribution >= 4 is 22.7 Å². The van der Waals surface area contributed by atoms with Gasteiger partial charge in [0.1, 0.15) is 11.1 Å². The van der Waals surface area contributed by atoms with Gasteiger partial charge in [-0.2, -0.15) is 4.52 Å². The Kier molecular flexibility index (Phi) is 3.96. The van der Waals surface area contributed by atoms with Crippen molar-refractivity contribution in [3.8, 4) is 0 Å². The molecule has 2 atom stereocenters.